The Kier molecular flexibility index (Phi) is 7.36. The standard InChI is InChI=1S/C22H27N3O4/c1-13(2)17-6-5-7-18(14(3)4)20(17)25-19(26)12-29-21(27)15-8-10-16(11-9-15)24-22(23)28/h5-11,13-14H,12H2,1-4H3,(H,25,26)(H3,23,24,28). The molecule has 7 heteroatoms. The number of ether oxygens (including phenoxy) is 1. The number of esters is 1. The number of urea groups is 1. The molecule has 7 nitrogen and oxygen atoms in total. The molecule has 0 aliphatic carbocycles. The largest absolute Gasteiger partial charge is 0.452 e. The molecule has 0 bridgehead atoms. The van der Waals surface area contributed by atoms with Gasteiger partial charge in [-0.2, -0.15) is 0 Å². The Morgan fingerprint density at radius 2 is 1.45 bits per heavy atom. The summed E-state index contributed by atoms with van der Waals surface area (Å²) in [6.07, 6.45) is 0. The molecule has 2 aromatic rings. The summed E-state index contributed by atoms with van der Waals surface area (Å²) >= 11 is 0. The molecule has 29 heavy (non-hydrogen) atoms. The molecule has 0 aromatic heterocycles. The van der Waals surface area contributed by atoms with Gasteiger partial charge in [-0.15, -0.1) is 0 Å². The van der Waals surface area contributed by atoms with Crippen LogP contribution in [0.2, 0.25) is 0 Å². The van der Waals surface area contributed by atoms with Gasteiger partial charge in [-0.25, -0.2) is 9.59 Å². The predicted octanol–water partition coefficient (Wildman–Crippen LogP) is 4.22. The topological polar surface area (TPSA) is 111 Å². The van der Waals surface area contributed by atoms with Crippen LogP contribution in [0.5, 0.6) is 0 Å². The average Bonchev–Trinajstić information content (AvgIpc) is 2.66. The third-order valence-electron chi connectivity index (χ3n) is 4.36. The van der Waals surface area contributed by atoms with E-state index in [1.54, 1.807) is 0 Å². The van der Waals surface area contributed by atoms with Gasteiger partial charge < -0.3 is 21.1 Å². The quantitative estimate of drug-likeness (QED) is 0.607. The van der Waals surface area contributed by atoms with Crippen molar-refractivity contribution in [1.29, 1.82) is 0 Å². The molecule has 4 N–H and O–H groups in total. The zero-order chi connectivity index (χ0) is 21.6. The van der Waals surface area contributed by atoms with Gasteiger partial charge >= 0.3 is 12.0 Å². The van der Waals surface area contributed by atoms with Gasteiger partial charge in [0.25, 0.3) is 5.91 Å². The molecule has 0 aliphatic heterocycles. The average molecular weight is 397 g/mol. The number of rotatable bonds is 7. The Morgan fingerprint density at radius 3 is 1.93 bits per heavy atom. The van der Waals surface area contributed by atoms with Gasteiger partial charge in [0.15, 0.2) is 6.61 Å². The SMILES string of the molecule is CC(C)c1cccc(C(C)C)c1NC(=O)COC(=O)c1ccc(NC(N)=O)cc1. The minimum absolute atomic E-state index is 0.235. The number of hydrogen-bond donors (Lipinski definition) is 3. The third-order valence-corrected chi connectivity index (χ3v) is 4.36. The lowest BCUT2D eigenvalue weighted by Gasteiger charge is -2.20. The lowest BCUT2D eigenvalue weighted by Crippen LogP contribution is -2.23. The molecule has 0 unspecified atom stereocenters. The van der Waals surface area contributed by atoms with E-state index in [-0.39, 0.29) is 17.4 Å². The van der Waals surface area contributed by atoms with Crippen LogP contribution < -0.4 is 16.4 Å². The Morgan fingerprint density at radius 1 is 0.897 bits per heavy atom. The highest BCUT2D eigenvalue weighted by molar-refractivity contribution is 5.97. The predicted molar refractivity (Wildman–Crippen MR) is 113 cm³/mol. The number of nitrogens with two attached hydrogens (primary N) is 1. The maximum atomic E-state index is 12.4. The Balaban J connectivity index is 2.03. The first kappa shape index (κ1) is 21.9. The highest BCUT2D eigenvalue weighted by Crippen LogP contribution is 2.32. The van der Waals surface area contributed by atoms with Gasteiger partial charge in [-0.05, 0) is 47.2 Å². The minimum Gasteiger partial charge on any atom is -0.452 e. The van der Waals surface area contributed by atoms with Crippen LogP contribution in [-0.2, 0) is 9.53 Å². The zero-order valence-corrected chi connectivity index (χ0v) is 17.1. The lowest BCUT2D eigenvalue weighted by molar-refractivity contribution is -0.119. The number of nitrogens with one attached hydrogen (secondary N) is 2. The molecule has 0 radical (unpaired) electrons. The van der Waals surface area contributed by atoms with Crippen molar-refractivity contribution in [3.05, 3.63) is 59.2 Å². The Bertz CT molecular complexity index is 863. The van der Waals surface area contributed by atoms with Gasteiger partial charge in [0.05, 0.1) is 5.56 Å². The van der Waals surface area contributed by atoms with Crippen molar-refractivity contribution >= 4 is 29.3 Å². The van der Waals surface area contributed by atoms with Crippen LogP contribution in [0, 0.1) is 0 Å². The fraction of sp³-hybridized carbons (Fsp3) is 0.318. The van der Waals surface area contributed by atoms with E-state index in [9.17, 15) is 14.4 Å². The van der Waals surface area contributed by atoms with E-state index in [1.165, 1.54) is 24.3 Å². The van der Waals surface area contributed by atoms with Crippen molar-refractivity contribution in [3.63, 3.8) is 0 Å². The highest BCUT2D eigenvalue weighted by Gasteiger charge is 2.17. The number of carbonyl (C=O) groups is 3. The fourth-order valence-electron chi connectivity index (χ4n) is 2.92. The molecular formula is C22H27N3O4. The van der Waals surface area contributed by atoms with Crippen LogP contribution in [0.25, 0.3) is 0 Å². The van der Waals surface area contributed by atoms with E-state index < -0.39 is 24.5 Å². The summed E-state index contributed by atoms with van der Waals surface area (Å²) in [5, 5.41) is 5.30. The Hall–Kier alpha value is -3.35. The van der Waals surface area contributed by atoms with Gasteiger partial charge in [0.2, 0.25) is 0 Å². The molecule has 0 aliphatic rings. The minimum atomic E-state index is -0.695. The van der Waals surface area contributed by atoms with Crippen LogP contribution in [-0.4, -0.2) is 24.5 Å². The van der Waals surface area contributed by atoms with Gasteiger partial charge in [-0.1, -0.05) is 45.9 Å². The number of benzene rings is 2. The van der Waals surface area contributed by atoms with Crippen LogP contribution in [0.1, 0.15) is 61.0 Å². The van der Waals surface area contributed by atoms with Gasteiger partial charge in [0, 0.05) is 11.4 Å². The summed E-state index contributed by atoms with van der Waals surface area (Å²) in [6, 6.07) is 11.3. The summed E-state index contributed by atoms with van der Waals surface area (Å²) in [5.41, 5.74) is 8.61. The van der Waals surface area contributed by atoms with Crippen molar-refractivity contribution in [2.24, 2.45) is 5.73 Å². The van der Waals surface area contributed by atoms with Crippen LogP contribution in [0.15, 0.2) is 42.5 Å². The number of para-hydroxylation sites is 1. The van der Waals surface area contributed by atoms with Crippen molar-refractivity contribution in [3.8, 4) is 0 Å². The van der Waals surface area contributed by atoms with E-state index in [0.29, 0.717) is 5.69 Å². The highest BCUT2D eigenvalue weighted by atomic mass is 16.5. The van der Waals surface area contributed by atoms with Crippen LogP contribution in [0.4, 0.5) is 16.2 Å². The smallest absolute Gasteiger partial charge is 0.338 e. The summed E-state index contributed by atoms with van der Waals surface area (Å²) < 4.78 is 5.12. The summed E-state index contributed by atoms with van der Waals surface area (Å²) in [5.74, 6) is -0.564. The van der Waals surface area contributed by atoms with Crippen LogP contribution in [0.3, 0.4) is 0 Å². The molecule has 0 spiro atoms. The number of hydrogen-bond acceptors (Lipinski definition) is 4. The van der Waals surface area contributed by atoms with Crippen molar-refractivity contribution < 1.29 is 19.1 Å². The first-order valence-corrected chi connectivity index (χ1v) is 9.45. The zero-order valence-electron chi connectivity index (χ0n) is 17.1. The van der Waals surface area contributed by atoms with Gasteiger partial charge in [-0.3, -0.25) is 4.79 Å². The summed E-state index contributed by atoms with van der Waals surface area (Å²) in [6.45, 7) is 7.85. The molecule has 0 fully saturated rings. The van der Waals surface area contributed by atoms with E-state index in [0.717, 1.165) is 16.8 Å². The summed E-state index contributed by atoms with van der Waals surface area (Å²) in [7, 11) is 0. The number of primary amides is 1. The second-order valence-electron chi connectivity index (χ2n) is 7.31. The molecule has 3 amide bonds. The Labute approximate surface area is 170 Å². The van der Waals surface area contributed by atoms with Crippen molar-refractivity contribution in [2.45, 2.75) is 39.5 Å². The number of anilines is 2. The first-order valence-electron chi connectivity index (χ1n) is 9.45. The molecule has 0 saturated heterocycles. The second kappa shape index (κ2) is 9.73. The molecular weight excluding hydrogens is 370 g/mol. The molecule has 0 heterocycles. The number of amides is 3. The molecule has 154 valence electrons. The lowest BCUT2D eigenvalue weighted by atomic mass is 9.92. The number of carbonyl (C=O) groups excluding carboxylic acids is 3. The van der Waals surface area contributed by atoms with Crippen molar-refractivity contribution in [2.75, 3.05) is 17.2 Å². The van der Waals surface area contributed by atoms with E-state index in [4.69, 9.17) is 10.5 Å². The van der Waals surface area contributed by atoms with Crippen molar-refractivity contribution in [1.82, 2.24) is 0 Å². The van der Waals surface area contributed by atoms with Crippen LogP contribution >= 0.6 is 0 Å². The summed E-state index contributed by atoms with van der Waals surface area (Å²) in [4.78, 5) is 35.4. The normalized spacial score (nSPS) is 10.7. The molecule has 0 atom stereocenters. The molecule has 0 saturated carbocycles. The maximum absolute atomic E-state index is 12.4. The van der Waals surface area contributed by atoms with E-state index in [2.05, 4.69) is 38.3 Å². The second-order valence-corrected chi connectivity index (χ2v) is 7.31. The van der Waals surface area contributed by atoms with E-state index in [1.807, 2.05) is 18.2 Å². The third kappa shape index (κ3) is 6.07. The molecule has 2 rings (SSSR count). The van der Waals surface area contributed by atoms with Gasteiger partial charge in [0.1, 0.15) is 0 Å². The van der Waals surface area contributed by atoms with E-state index >= 15 is 0 Å². The monoisotopic (exact) mass is 397 g/mol. The first-order chi connectivity index (χ1) is 13.7. The maximum Gasteiger partial charge on any atom is 0.338 e. The molecule has 2 aromatic carbocycles. The fourth-order valence-corrected chi connectivity index (χ4v) is 2.92.